The fraction of sp³-hybridized carbons (Fsp3) is 0.795. The second-order valence-electron chi connectivity index (χ2n) is 23.1. The van der Waals surface area contributed by atoms with Gasteiger partial charge in [-0.2, -0.15) is 0 Å². The molecule has 1 unspecified atom stereocenters. The average molecular weight is 1100 g/mol. The maximum Gasteiger partial charge on any atom is 0.306 e. The van der Waals surface area contributed by atoms with E-state index < -0.39 is 6.10 Å². The summed E-state index contributed by atoms with van der Waals surface area (Å²) in [6.07, 6.45) is 87.9. The maximum absolute atomic E-state index is 12.9. The van der Waals surface area contributed by atoms with Crippen LogP contribution in [0.4, 0.5) is 0 Å². The van der Waals surface area contributed by atoms with Gasteiger partial charge in [0.1, 0.15) is 13.2 Å². The van der Waals surface area contributed by atoms with E-state index in [0.29, 0.717) is 19.3 Å². The highest BCUT2D eigenvalue weighted by molar-refractivity contribution is 5.71. The van der Waals surface area contributed by atoms with E-state index in [-0.39, 0.29) is 31.1 Å². The summed E-state index contributed by atoms with van der Waals surface area (Å²) in [6.45, 7) is 6.53. The molecule has 0 fully saturated rings. The molecule has 79 heavy (non-hydrogen) atoms. The third kappa shape index (κ3) is 65.5. The topological polar surface area (TPSA) is 78.9 Å². The number of rotatable bonds is 63. The first-order valence-corrected chi connectivity index (χ1v) is 34.4. The van der Waals surface area contributed by atoms with Crippen molar-refractivity contribution in [3.05, 3.63) is 72.9 Å². The van der Waals surface area contributed by atoms with E-state index in [1.54, 1.807) is 0 Å². The van der Waals surface area contributed by atoms with Crippen molar-refractivity contribution in [3.8, 4) is 0 Å². The van der Waals surface area contributed by atoms with Crippen LogP contribution in [0.2, 0.25) is 0 Å². The Hall–Kier alpha value is -3.15. The molecule has 0 rings (SSSR count). The van der Waals surface area contributed by atoms with Gasteiger partial charge >= 0.3 is 17.9 Å². The fourth-order valence-corrected chi connectivity index (χ4v) is 10.1. The predicted molar refractivity (Wildman–Crippen MR) is 344 cm³/mol. The van der Waals surface area contributed by atoms with Crippen LogP contribution in [0.1, 0.15) is 355 Å². The summed E-state index contributed by atoms with van der Waals surface area (Å²) < 4.78 is 16.9. The van der Waals surface area contributed by atoms with Gasteiger partial charge in [-0.05, 0) is 89.9 Å². The average Bonchev–Trinajstić information content (AvgIpc) is 3.45. The Morgan fingerprint density at radius 1 is 0.266 bits per heavy atom. The number of hydrogen-bond acceptors (Lipinski definition) is 6. The molecular weight excluding hydrogens is 973 g/mol. The van der Waals surface area contributed by atoms with Crippen molar-refractivity contribution in [1.29, 1.82) is 0 Å². The van der Waals surface area contributed by atoms with E-state index >= 15 is 0 Å². The molecule has 458 valence electrons. The van der Waals surface area contributed by atoms with Gasteiger partial charge in [-0.3, -0.25) is 14.4 Å². The first-order valence-electron chi connectivity index (χ1n) is 34.4. The predicted octanol–water partition coefficient (Wildman–Crippen LogP) is 23.7. The van der Waals surface area contributed by atoms with Gasteiger partial charge in [0.25, 0.3) is 0 Å². The zero-order valence-corrected chi connectivity index (χ0v) is 52.6. The lowest BCUT2D eigenvalue weighted by molar-refractivity contribution is -0.167. The molecule has 0 heterocycles. The lowest BCUT2D eigenvalue weighted by Crippen LogP contribution is -2.30. The molecule has 0 aliphatic heterocycles. The van der Waals surface area contributed by atoms with Crippen molar-refractivity contribution >= 4 is 17.9 Å². The third-order valence-corrected chi connectivity index (χ3v) is 15.2. The Morgan fingerprint density at radius 3 is 0.797 bits per heavy atom. The highest BCUT2D eigenvalue weighted by atomic mass is 16.6. The smallest absolute Gasteiger partial charge is 0.306 e. The van der Waals surface area contributed by atoms with Crippen LogP contribution in [0.5, 0.6) is 0 Å². The quantitative estimate of drug-likeness (QED) is 0.0261. The molecule has 1 atom stereocenters. The molecule has 0 radical (unpaired) electrons. The van der Waals surface area contributed by atoms with Crippen LogP contribution in [0, 0.1) is 0 Å². The Kier molecular flexibility index (Phi) is 64.7. The first-order chi connectivity index (χ1) is 39.0. The second-order valence-corrected chi connectivity index (χ2v) is 23.1. The van der Waals surface area contributed by atoms with E-state index in [9.17, 15) is 14.4 Å². The molecule has 0 aromatic carbocycles. The van der Waals surface area contributed by atoms with E-state index in [1.165, 1.54) is 212 Å². The van der Waals surface area contributed by atoms with Crippen LogP contribution >= 0.6 is 0 Å². The van der Waals surface area contributed by atoms with E-state index in [0.717, 1.165) is 103 Å². The Balaban J connectivity index is 4.27. The van der Waals surface area contributed by atoms with Crippen molar-refractivity contribution in [2.45, 2.75) is 361 Å². The Bertz CT molecular complexity index is 1450. The number of allylic oxidation sites excluding steroid dienone is 12. The van der Waals surface area contributed by atoms with Crippen molar-refractivity contribution in [2.24, 2.45) is 0 Å². The molecule has 0 spiro atoms. The fourth-order valence-electron chi connectivity index (χ4n) is 10.1. The van der Waals surface area contributed by atoms with Crippen LogP contribution < -0.4 is 0 Å². The van der Waals surface area contributed by atoms with Gasteiger partial charge in [-0.15, -0.1) is 0 Å². The molecule has 0 amide bonds. The largest absolute Gasteiger partial charge is 0.462 e. The number of carbonyl (C=O) groups is 3. The molecule has 0 aromatic heterocycles. The molecule has 0 aliphatic carbocycles. The summed E-state index contributed by atoms with van der Waals surface area (Å²) in [4.78, 5) is 38.4. The summed E-state index contributed by atoms with van der Waals surface area (Å²) in [6, 6.07) is 0. The number of esters is 3. The number of ether oxygens (including phenoxy) is 3. The molecule has 0 bridgehead atoms. The normalized spacial score (nSPS) is 12.5. The van der Waals surface area contributed by atoms with Crippen LogP contribution in [0.3, 0.4) is 0 Å². The van der Waals surface area contributed by atoms with E-state index in [1.807, 2.05) is 0 Å². The van der Waals surface area contributed by atoms with Gasteiger partial charge < -0.3 is 14.2 Å². The van der Waals surface area contributed by atoms with Gasteiger partial charge in [0.05, 0.1) is 0 Å². The lowest BCUT2D eigenvalue weighted by atomic mass is 10.0. The van der Waals surface area contributed by atoms with E-state index in [2.05, 4.69) is 93.7 Å². The minimum Gasteiger partial charge on any atom is -0.462 e. The highest BCUT2D eigenvalue weighted by Gasteiger charge is 2.19. The van der Waals surface area contributed by atoms with Crippen molar-refractivity contribution in [3.63, 3.8) is 0 Å². The number of carbonyl (C=O) groups excluding carboxylic acids is 3. The van der Waals surface area contributed by atoms with Crippen LogP contribution in [0.25, 0.3) is 0 Å². The second kappa shape index (κ2) is 67.4. The maximum atomic E-state index is 12.9. The summed E-state index contributed by atoms with van der Waals surface area (Å²) >= 11 is 0. The standard InChI is InChI=1S/C73H130O6/c1-4-7-10-13-16-19-22-25-28-30-32-33-34-35-36-37-38-39-40-42-43-45-48-51-54-57-60-63-66-72(75)78-69-70(68-77-71(74)65-62-59-56-53-50-47-27-24-21-18-15-12-9-6-3)79-73(76)67-64-61-58-55-52-49-46-44-41-31-29-26-23-20-17-14-11-8-5-2/h8,11,17,20,24,26-27,29,41,44,49,52,70H,4-7,9-10,12-16,18-19,21-23,25,28,30-40,42-43,45-48,50-51,53-69H2,1-3H3/b11-8-,20-17-,27-24-,29-26-,44-41-,52-49-. The van der Waals surface area contributed by atoms with Crippen molar-refractivity contribution in [1.82, 2.24) is 0 Å². The van der Waals surface area contributed by atoms with Crippen LogP contribution in [-0.4, -0.2) is 37.2 Å². The Labute approximate surface area is 491 Å². The minimum atomic E-state index is -0.797. The minimum absolute atomic E-state index is 0.0885. The first kappa shape index (κ1) is 75.8. The molecule has 0 saturated carbocycles. The van der Waals surface area contributed by atoms with Crippen molar-refractivity contribution in [2.75, 3.05) is 13.2 Å². The monoisotopic (exact) mass is 1100 g/mol. The summed E-state index contributed by atoms with van der Waals surface area (Å²) in [7, 11) is 0. The van der Waals surface area contributed by atoms with Crippen LogP contribution in [0.15, 0.2) is 72.9 Å². The highest BCUT2D eigenvalue weighted by Crippen LogP contribution is 2.18. The zero-order valence-electron chi connectivity index (χ0n) is 52.6. The summed E-state index contributed by atoms with van der Waals surface area (Å²) in [5, 5.41) is 0. The van der Waals surface area contributed by atoms with Gasteiger partial charge in [-0.1, -0.05) is 318 Å². The summed E-state index contributed by atoms with van der Waals surface area (Å²) in [5.74, 6) is -0.912. The van der Waals surface area contributed by atoms with Crippen LogP contribution in [-0.2, 0) is 28.6 Å². The van der Waals surface area contributed by atoms with Gasteiger partial charge in [-0.25, -0.2) is 0 Å². The van der Waals surface area contributed by atoms with E-state index in [4.69, 9.17) is 14.2 Å². The number of hydrogen-bond donors (Lipinski definition) is 0. The number of unbranched alkanes of at least 4 members (excludes halogenated alkanes) is 40. The molecular formula is C73H130O6. The lowest BCUT2D eigenvalue weighted by Gasteiger charge is -2.18. The van der Waals surface area contributed by atoms with Gasteiger partial charge in [0, 0.05) is 19.3 Å². The molecule has 0 aromatic rings. The zero-order chi connectivity index (χ0) is 57.1. The molecule has 0 aliphatic rings. The molecule has 0 N–H and O–H groups in total. The molecule has 6 nitrogen and oxygen atoms in total. The SMILES string of the molecule is CC/C=C\C/C=C\C/C=C\C/C=C\C/C=C\CCCCCC(=O)OC(COC(=O)CCCCCCC/C=C\CCCCCCC)COC(=O)CCCCCCCCCCCCCCCCCCCCCCCCCCCCCC. The molecule has 6 heteroatoms. The van der Waals surface area contributed by atoms with Gasteiger partial charge in [0.15, 0.2) is 6.10 Å². The van der Waals surface area contributed by atoms with Gasteiger partial charge in [0.2, 0.25) is 0 Å². The Morgan fingerprint density at radius 2 is 0.494 bits per heavy atom. The molecule has 0 saturated heterocycles. The summed E-state index contributed by atoms with van der Waals surface area (Å²) in [5.41, 5.74) is 0. The van der Waals surface area contributed by atoms with Crippen molar-refractivity contribution < 1.29 is 28.6 Å². The third-order valence-electron chi connectivity index (χ3n) is 15.2.